The molecule has 2 heterocycles. The van der Waals surface area contributed by atoms with Crippen LogP contribution in [-0.2, 0) is 6.42 Å². The molecule has 2 aromatic carbocycles. The maximum absolute atomic E-state index is 13.0. The number of nitro groups is 1. The minimum atomic E-state index is -0.454. The van der Waals surface area contributed by atoms with Gasteiger partial charge >= 0.3 is 0 Å². The zero-order valence-electron chi connectivity index (χ0n) is 19.4. The summed E-state index contributed by atoms with van der Waals surface area (Å²) in [6.45, 7) is 7.71. The van der Waals surface area contributed by atoms with Crippen LogP contribution in [-0.4, -0.2) is 51.9 Å². The SMILES string of the molecule is Cc1nc(C)c(Cc2ccccc2Cl)c(N2CCN(C(=O)c3ccc(C)c([N+](=O)[O-])c3)CC2)n1. The van der Waals surface area contributed by atoms with Gasteiger partial charge in [0.2, 0.25) is 0 Å². The van der Waals surface area contributed by atoms with E-state index in [9.17, 15) is 14.9 Å². The molecule has 0 aliphatic carbocycles. The highest BCUT2D eigenvalue weighted by Gasteiger charge is 2.26. The molecule has 0 unspecified atom stereocenters. The van der Waals surface area contributed by atoms with Gasteiger partial charge in [0.25, 0.3) is 11.6 Å². The molecule has 1 amide bonds. The fraction of sp³-hybridized carbons (Fsp3) is 0.320. The molecular weight excluding hydrogens is 454 g/mol. The first kappa shape index (κ1) is 23.6. The summed E-state index contributed by atoms with van der Waals surface area (Å²) in [5, 5.41) is 12.0. The number of carbonyl (C=O) groups excluding carboxylic acids is 1. The van der Waals surface area contributed by atoms with Crippen molar-refractivity contribution >= 4 is 29.0 Å². The van der Waals surface area contributed by atoms with Crippen LogP contribution in [0.1, 0.15) is 38.6 Å². The van der Waals surface area contributed by atoms with Crippen molar-refractivity contribution < 1.29 is 9.72 Å². The highest BCUT2D eigenvalue weighted by atomic mass is 35.5. The van der Waals surface area contributed by atoms with Gasteiger partial charge in [-0.2, -0.15) is 0 Å². The van der Waals surface area contributed by atoms with Gasteiger partial charge in [0.05, 0.1) is 4.92 Å². The van der Waals surface area contributed by atoms with Crippen LogP contribution in [0.25, 0.3) is 0 Å². The van der Waals surface area contributed by atoms with Crippen LogP contribution in [0, 0.1) is 30.9 Å². The van der Waals surface area contributed by atoms with E-state index in [-0.39, 0.29) is 11.6 Å². The van der Waals surface area contributed by atoms with Gasteiger partial charge in [0, 0.05) is 66.1 Å². The van der Waals surface area contributed by atoms with Crippen molar-refractivity contribution in [3.63, 3.8) is 0 Å². The Labute approximate surface area is 203 Å². The lowest BCUT2D eigenvalue weighted by Gasteiger charge is -2.36. The molecule has 0 saturated carbocycles. The summed E-state index contributed by atoms with van der Waals surface area (Å²) in [6, 6.07) is 12.4. The molecule has 4 rings (SSSR count). The van der Waals surface area contributed by atoms with Crippen molar-refractivity contribution in [3.05, 3.63) is 91.4 Å². The van der Waals surface area contributed by atoms with Crippen molar-refractivity contribution in [2.24, 2.45) is 0 Å². The Kier molecular flexibility index (Phi) is 6.79. The first-order chi connectivity index (χ1) is 16.2. The molecule has 3 aromatic rings. The summed E-state index contributed by atoms with van der Waals surface area (Å²) in [4.78, 5) is 37.1. The van der Waals surface area contributed by atoms with Gasteiger partial charge in [-0.05, 0) is 38.5 Å². The van der Waals surface area contributed by atoms with E-state index in [0.29, 0.717) is 54.6 Å². The highest BCUT2D eigenvalue weighted by Crippen LogP contribution is 2.28. The smallest absolute Gasteiger partial charge is 0.273 e. The van der Waals surface area contributed by atoms with Gasteiger partial charge in [-0.25, -0.2) is 9.97 Å². The predicted molar refractivity (Wildman–Crippen MR) is 132 cm³/mol. The average molecular weight is 480 g/mol. The van der Waals surface area contributed by atoms with E-state index < -0.39 is 4.92 Å². The number of rotatable bonds is 5. The molecule has 1 aliphatic rings. The van der Waals surface area contributed by atoms with Crippen LogP contribution >= 0.6 is 11.6 Å². The van der Waals surface area contributed by atoms with E-state index in [1.54, 1.807) is 24.0 Å². The minimum absolute atomic E-state index is 0.0411. The summed E-state index contributed by atoms with van der Waals surface area (Å²) < 4.78 is 0. The largest absolute Gasteiger partial charge is 0.353 e. The second-order valence-electron chi connectivity index (χ2n) is 8.46. The van der Waals surface area contributed by atoms with E-state index in [2.05, 4.69) is 9.88 Å². The zero-order valence-corrected chi connectivity index (χ0v) is 20.2. The molecule has 34 heavy (non-hydrogen) atoms. The van der Waals surface area contributed by atoms with Gasteiger partial charge in [0.1, 0.15) is 11.6 Å². The standard InChI is InChI=1S/C25H26ClN5O3/c1-16-8-9-20(15-23(16)31(33)34)25(32)30-12-10-29(11-13-30)24-21(17(2)27-18(3)28-24)14-19-6-4-5-7-22(19)26/h4-9,15H,10-14H2,1-3H3. The van der Waals surface area contributed by atoms with E-state index in [4.69, 9.17) is 16.6 Å². The summed E-state index contributed by atoms with van der Waals surface area (Å²) in [5.74, 6) is 1.36. The molecule has 1 saturated heterocycles. The monoisotopic (exact) mass is 479 g/mol. The number of nitro benzene ring substituents is 1. The van der Waals surface area contributed by atoms with Crippen LogP contribution in [0.4, 0.5) is 11.5 Å². The van der Waals surface area contributed by atoms with E-state index in [1.165, 1.54) is 6.07 Å². The number of nitrogens with zero attached hydrogens (tertiary/aromatic N) is 5. The molecule has 9 heteroatoms. The molecule has 1 aromatic heterocycles. The van der Waals surface area contributed by atoms with Crippen molar-refractivity contribution in [2.75, 3.05) is 31.1 Å². The summed E-state index contributed by atoms with van der Waals surface area (Å²) in [7, 11) is 0. The Hall–Kier alpha value is -3.52. The van der Waals surface area contributed by atoms with E-state index >= 15 is 0 Å². The molecule has 1 aliphatic heterocycles. The normalized spacial score (nSPS) is 13.8. The fourth-order valence-electron chi connectivity index (χ4n) is 4.26. The average Bonchev–Trinajstić information content (AvgIpc) is 2.81. The van der Waals surface area contributed by atoms with Crippen LogP contribution in [0.5, 0.6) is 0 Å². The van der Waals surface area contributed by atoms with Crippen molar-refractivity contribution in [1.29, 1.82) is 0 Å². The van der Waals surface area contributed by atoms with Gasteiger partial charge in [-0.1, -0.05) is 35.9 Å². The topological polar surface area (TPSA) is 92.5 Å². The highest BCUT2D eigenvalue weighted by molar-refractivity contribution is 6.31. The number of halogens is 1. The summed E-state index contributed by atoms with van der Waals surface area (Å²) >= 11 is 6.41. The maximum atomic E-state index is 13.0. The van der Waals surface area contributed by atoms with Gasteiger partial charge < -0.3 is 9.80 Å². The van der Waals surface area contributed by atoms with Gasteiger partial charge in [0.15, 0.2) is 0 Å². The van der Waals surface area contributed by atoms with Crippen molar-refractivity contribution in [3.8, 4) is 0 Å². The predicted octanol–water partition coefficient (Wildman–Crippen LogP) is 4.52. The van der Waals surface area contributed by atoms with E-state index in [0.717, 1.165) is 22.6 Å². The van der Waals surface area contributed by atoms with Crippen LogP contribution in [0.3, 0.4) is 0 Å². The Bertz CT molecular complexity index is 1260. The summed E-state index contributed by atoms with van der Waals surface area (Å²) in [5.41, 5.74) is 3.77. The van der Waals surface area contributed by atoms with Crippen LogP contribution in [0.15, 0.2) is 42.5 Å². The molecule has 0 spiro atoms. The number of piperazine rings is 1. The molecule has 0 bridgehead atoms. The second kappa shape index (κ2) is 9.77. The Balaban J connectivity index is 1.53. The third kappa shape index (κ3) is 4.87. The first-order valence-electron chi connectivity index (χ1n) is 11.1. The first-order valence-corrected chi connectivity index (χ1v) is 11.5. The number of aryl methyl sites for hydroxylation is 3. The van der Waals surface area contributed by atoms with Crippen LogP contribution in [0.2, 0.25) is 5.02 Å². The molecule has 0 radical (unpaired) electrons. The maximum Gasteiger partial charge on any atom is 0.273 e. The Morgan fingerprint density at radius 1 is 1.06 bits per heavy atom. The van der Waals surface area contributed by atoms with E-state index in [1.807, 2.05) is 38.1 Å². The van der Waals surface area contributed by atoms with Crippen molar-refractivity contribution in [2.45, 2.75) is 27.2 Å². The number of amides is 1. The molecule has 176 valence electrons. The summed E-state index contributed by atoms with van der Waals surface area (Å²) in [6.07, 6.45) is 0.618. The fourth-order valence-corrected chi connectivity index (χ4v) is 4.46. The Morgan fingerprint density at radius 3 is 2.44 bits per heavy atom. The lowest BCUT2D eigenvalue weighted by Crippen LogP contribution is -2.49. The third-order valence-corrected chi connectivity index (χ3v) is 6.52. The van der Waals surface area contributed by atoms with Gasteiger partial charge in [-0.15, -0.1) is 0 Å². The van der Waals surface area contributed by atoms with Crippen LogP contribution < -0.4 is 4.90 Å². The third-order valence-electron chi connectivity index (χ3n) is 6.15. The number of hydrogen-bond acceptors (Lipinski definition) is 6. The van der Waals surface area contributed by atoms with Crippen molar-refractivity contribution in [1.82, 2.24) is 14.9 Å². The van der Waals surface area contributed by atoms with Gasteiger partial charge in [-0.3, -0.25) is 14.9 Å². The molecule has 0 atom stereocenters. The number of carbonyl (C=O) groups is 1. The minimum Gasteiger partial charge on any atom is -0.353 e. The lowest BCUT2D eigenvalue weighted by molar-refractivity contribution is -0.385. The number of aromatic nitrogens is 2. The lowest BCUT2D eigenvalue weighted by atomic mass is 10.0. The molecule has 0 N–H and O–H groups in total. The number of benzene rings is 2. The molecule has 8 nitrogen and oxygen atoms in total. The second-order valence-corrected chi connectivity index (χ2v) is 8.87. The zero-order chi connectivity index (χ0) is 24.4. The Morgan fingerprint density at radius 2 is 1.76 bits per heavy atom. The number of hydrogen-bond donors (Lipinski definition) is 0. The number of anilines is 1. The quantitative estimate of drug-likeness (QED) is 0.394. The molecular formula is C25H26ClN5O3. The molecule has 1 fully saturated rings.